The van der Waals surface area contributed by atoms with Crippen LogP contribution in [0.2, 0.25) is 5.02 Å². The number of fused-ring (bicyclic) bond motifs is 1. The Balaban J connectivity index is 1.68. The Morgan fingerprint density at radius 3 is 2.31 bits per heavy atom. The lowest BCUT2D eigenvalue weighted by Crippen LogP contribution is -2.38. The summed E-state index contributed by atoms with van der Waals surface area (Å²) >= 11 is 6.16. The van der Waals surface area contributed by atoms with Crippen LogP contribution in [0.15, 0.2) is 90.1 Å². The molecular formula is C29H25ClN2O4. The van der Waals surface area contributed by atoms with Crippen molar-refractivity contribution in [2.24, 2.45) is 0 Å². The van der Waals surface area contributed by atoms with E-state index in [4.69, 9.17) is 11.6 Å². The van der Waals surface area contributed by atoms with E-state index in [1.165, 1.54) is 0 Å². The van der Waals surface area contributed by atoms with Crippen LogP contribution in [0.4, 0.5) is 11.4 Å². The molecule has 3 aromatic carbocycles. The highest BCUT2D eigenvalue weighted by atomic mass is 35.5. The number of anilines is 2. The topological polar surface area (TPSA) is 86.7 Å². The molecule has 36 heavy (non-hydrogen) atoms. The monoisotopic (exact) mass is 500 g/mol. The SMILES string of the molecule is O=C(O)CCC(=O)N1c2ccccc2NC2=C(C(=O)C[C@@H](c3ccccc3)C2)[C@H]1c1ccc(Cl)cc1. The number of halogens is 1. The van der Waals surface area contributed by atoms with Gasteiger partial charge in [0, 0.05) is 29.1 Å². The molecule has 1 aliphatic carbocycles. The maximum Gasteiger partial charge on any atom is 0.303 e. The van der Waals surface area contributed by atoms with Crippen molar-refractivity contribution in [1.29, 1.82) is 0 Å². The van der Waals surface area contributed by atoms with E-state index in [1.54, 1.807) is 17.0 Å². The van der Waals surface area contributed by atoms with Crippen LogP contribution in [0.1, 0.15) is 48.8 Å². The van der Waals surface area contributed by atoms with Gasteiger partial charge in [0.2, 0.25) is 5.91 Å². The molecule has 5 rings (SSSR count). The lowest BCUT2D eigenvalue weighted by atomic mass is 9.78. The quantitative estimate of drug-likeness (QED) is 0.441. The standard InChI is InChI=1S/C29H25ClN2O4/c30-21-12-10-19(11-13-21)29-28-23(16-20(17-25(28)33)18-6-2-1-3-7-18)31-22-8-4-5-9-24(22)32(29)26(34)14-15-27(35)36/h1-13,20,29,31H,14-17H2,(H,35,36)/t20-,29+/m0/s1. The van der Waals surface area contributed by atoms with Crippen molar-refractivity contribution in [3.63, 3.8) is 0 Å². The number of rotatable bonds is 5. The zero-order chi connectivity index (χ0) is 25.2. The van der Waals surface area contributed by atoms with Gasteiger partial charge in [-0.15, -0.1) is 0 Å². The number of allylic oxidation sites excluding steroid dienone is 1. The molecule has 182 valence electrons. The average molecular weight is 501 g/mol. The third-order valence-corrected chi connectivity index (χ3v) is 7.02. The molecule has 1 heterocycles. The fourth-order valence-electron chi connectivity index (χ4n) is 5.12. The minimum absolute atomic E-state index is 0.0113. The number of hydrogen-bond donors (Lipinski definition) is 2. The molecule has 6 nitrogen and oxygen atoms in total. The molecule has 7 heteroatoms. The van der Waals surface area contributed by atoms with Crippen LogP contribution in [0.3, 0.4) is 0 Å². The lowest BCUT2D eigenvalue weighted by molar-refractivity contribution is -0.138. The first kappa shape index (κ1) is 23.8. The van der Waals surface area contributed by atoms with Gasteiger partial charge < -0.3 is 10.4 Å². The fraction of sp³-hybridized carbons (Fsp3) is 0.207. The highest BCUT2D eigenvalue weighted by Gasteiger charge is 2.41. The zero-order valence-electron chi connectivity index (χ0n) is 19.5. The van der Waals surface area contributed by atoms with Gasteiger partial charge in [-0.25, -0.2) is 0 Å². The number of amides is 1. The highest BCUT2D eigenvalue weighted by molar-refractivity contribution is 6.30. The molecule has 0 saturated heterocycles. The number of carboxylic acids is 1. The summed E-state index contributed by atoms with van der Waals surface area (Å²) in [7, 11) is 0. The summed E-state index contributed by atoms with van der Waals surface area (Å²) in [5, 5.41) is 13.3. The van der Waals surface area contributed by atoms with Crippen molar-refractivity contribution in [2.45, 2.75) is 37.6 Å². The molecule has 0 fully saturated rings. The number of nitrogens with one attached hydrogen (secondary N) is 1. The Morgan fingerprint density at radius 2 is 1.58 bits per heavy atom. The highest BCUT2D eigenvalue weighted by Crippen LogP contribution is 2.47. The van der Waals surface area contributed by atoms with E-state index < -0.39 is 12.0 Å². The van der Waals surface area contributed by atoms with Crippen LogP contribution in [0.25, 0.3) is 0 Å². The first-order valence-electron chi connectivity index (χ1n) is 11.9. The Morgan fingerprint density at radius 1 is 0.889 bits per heavy atom. The average Bonchev–Trinajstić information content (AvgIpc) is 3.03. The molecule has 1 aliphatic heterocycles. The summed E-state index contributed by atoms with van der Waals surface area (Å²) in [6, 6.07) is 23.8. The molecule has 0 saturated carbocycles. The molecule has 0 radical (unpaired) electrons. The van der Waals surface area contributed by atoms with Crippen LogP contribution >= 0.6 is 11.6 Å². The summed E-state index contributed by atoms with van der Waals surface area (Å²) in [4.78, 5) is 40.3. The summed E-state index contributed by atoms with van der Waals surface area (Å²) in [5.74, 6) is -1.44. The van der Waals surface area contributed by atoms with Gasteiger partial charge in [0.1, 0.15) is 0 Å². The van der Waals surface area contributed by atoms with Gasteiger partial charge in [-0.1, -0.05) is 66.2 Å². The van der Waals surface area contributed by atoms with Crippen molar-refractivity contribution in [2.75, 3.05) is 10.2 Å². The van der Waals surface area contributed by atoms with E-state index in [1.807, 2.05) is 66.7 Å². The number of benzene rings is 3. The second-order valence-corrected chi connectivity index (χ2v) is 9.52. The van der Waals surface area contributed by atoms with Crippen molar-refractivity contribution >= 4 is 40.6 Å². The molecule has 0 bridgehead atoms. The predicted octanol–water partition coefficient (Wildman–Crippen LogP) is 6.11. The van der Waals surface area contributed by atoms with Crippen molar-refractivity contribution in [3.8, 4) is 0 Å². The molecule has 0 spiro atoms. The van der Waals surface area contributed by atoms with Gasteiger partial charge in [-0.3, -0.25) is 19.3 Å². The largest absolute Gasteiger partial charge is 0.481 e. The molecule has 0 unspecified atom stereocenters. The van der Waals surface area contributed by atoms with Gasteiger partial charge in [0.25, 0.3) is 0 Å². The summed E-state index contributed by atoms with van der Waals surface area (Å²) in [6.07, 6.45) is 0.453. The number of carbonyl (C=O) groups is 3. The smallest absolute Gasteiger partial charge is 0.303 e. The summed E-state index contributed by atoms with van der Waals surface area (Å²) < 4.78 is 0. The normalized spacial score (nSPS) is 19.1. The second-order valence-electron chi connectivity index (χ2n) is 9.08. The predicted molar refractivity (Wildman–Crippen MR) is 139 cm³/mol. The van der Waals surface area contributed by atoms with Crippen LogP contribution < -0.4 is 10.2 Å². The Bertz CT molecular complexity index is 1350. The fourth-order valence-corrected chi connectivity index (χ4v) is 5.25. The van der Waals surface area contributed by atoms with Gasteiger partial charge in [-0.2, -0.15) is 0 Å². The number of aliphatic carboxylic acids is 1. The van der Waals surface area contributed by atoms with E-state index in [0.717, 1.165) is 16.8 Å². The molecular weight excluding hydrogens is 476 g/mol. The van der Waals surface area contributed by atoms with Gasteiger partial charge in [-0.05, 0) is 47.7 Å². The number of nitrogens with zero attached hydrogens (tertiary/aromatic N) is 1. The molecule has 0 aromatic heterocycles. The first-order chi connectivity index (χ1) is 17.4. The Kier molecular flexibility index (Phi) is 6.61. The zero-order valence-corrected chi connectivity index (χ0v) is 20.2. The van der Waals surface area contributed by atoms with Gasteiger partial charge >= 0.3 is 5.97 Å². The third-order valence-electron chi connectivity index (χ3n) is 6.77. The molecule has 2 aliphatic rings. The van der Waals surface area contributed by atoms with E-state index >= 15 is 0 Å². The van der Waals surface area contributed by atoms with Crippen molar-refractivity contribution in [3.05, 3.63) is 106 Å². The minimum Gasteiger partial charge on any atom is -0.481 e. The molecule has 1 amide bonds. The minimum atomic E-state index is -1.05. The van der Waals surface area contributed by atoms with Crippen LogP contribution in [0, 0.1) is 0 Å². The first-order valence-corrected chi connectivity index (χ1v) is 12.3. The molecule has 2 atom stereocenters. The van der Waals surface area contributed by atoms with Crippen LogP contribution in [-0.4, -0.2) is 22.8 Å². The number of ketones is 1. The third kappa shape index (κ3) is 4.64. The van der Waals surface area contributed by atoms with E-state index in [2.05, 4.69) is 5.32 Å². The number of Topliss-reactive ketones (excluding diaryl/α,β-unsaturated/α-hetero) is 1. The van der Waals surface area contributed by atoms with Gasteiger partial charge in [0.15, 0.2) is 5.78 Å². The summed E-state index contributed by atoms with van der Waals surface area (Å²) in [6.45, 7) is 0. The van der Waals surface area contributed by atoms with E-state index in [-0.39, 0.29) is 30.4 Å². The molecule has 3 aromatic rings. The van der Waals surface area contributed by atoms with Crippen molar-refractivity contribution < 1.29 is 19.5 Å². The number of para-hydroxylation sites is 2. The number of carboxylic acid groups (broad SMARTS) is 1. The maximum absolute atomic E-state index is 13.8. The maximum atomic E-state index is 13.8. The van der Waals surface area contributed by atoms with Crippen molar-refractivity contribution in [1.82, 2.24) is 0 Å². The lowest BCUT2D eigenvalue weighted by Gasteiger charge is -2.35. The van der Waals surface area contributed by atoms with Crippen LogP contribution in [0.5, 0.6) is 0 Å². The Labute approximate surface area is 214 Å². The molecule has 2 N–H and O–H groups in total. The Hall–Kier alpha value is -3.90. The number of carbonyl (C=O) groups excluding carboxylic acids is 2. The van der Waals surface area contributed by atoms with E-state index in [9.17, 15) is 19.5 Å². The summed E-state index contributed by atoms with van der Waals surface area (Å²) in [5.41, 5.74) is 4.44. The van der Waals surface area contributed by atoms with Crippen LogP contribution in [-0.2, 0) is 14.4 Å². The second kappa shape index (κ2) is 9.99. The van der Waals surface area contributed by atoms with Gasteiger partial charge in [0.05, 0.1) is 23.8 Å². The number of hydrogen-bond acceptors (Lipinski definition) is 4. The van der Waals surface area contributed by atoms with E-state index in [0.29, 0.717) is 34.8 Å².